The summed E-state index contributed by atoms with van der Waals surface area (Å²) in [5.41, 5.74) is 3.05. The zero-order valence-corrected chi connectivity index (χ0v) is 12.0. The predicted octanol–water partition coefficient (Wildman–Crippen LogP) is 1.55. The van der Waals surface area contributed by atoms with Gasteiger partial charge in [-0.05, 0) is 37.4 Å². The molecule has 0 aromatic heterocycles. The Morgan fingerprint density at radius 3 is 2.65 bits per heavy atom. The van der Waals surface area contributed by atoms with Gasteiger partial charge in [0.1, 0.15) is 0 Å². The summed E-state index contributed by atoms with van der Waals surface area (Å²) < 4.78 is 0. The first kappa shape index (κ1) is 13.6. The molecule has 0 atom stereocenters. The minimum absolute atomic E-state index is 0.115. The van der Waals surface area contributed by atoms with Crippen LogP contribution in [0.15, 0.2) is 24.3 Å². The third-order valence-corrected chi connectivity index (χ3v) is 5.01. The molecule has 0 radical (unpaired) electrons. The number of benzene rings is 1. The van der Waals surface area contributed by atoms with Gasteiger partial charge in [0.2, 0.25) is 0 Å². The number of carbonyl (C=O) groups is 1. The molecule has 108 valence electrons. The average molecular weight is 274 g/mol. The van der Waals surface area contributed by atoms with Crippen LogP contribution in [0.4, 0.5) is 0 Å². The van der Waals surface area contributed by atoms with Gasteiger partial charge >= 0.3 is 5.97 Å². The van der Waals surface area contributed by atoms with Crippen molar-refractivity contribution in [2.75, 3.05) is 33.2 Å². The lowest BCUT2D eigenvalue weighted by molar-refractivity contribution is -0.139. The SMILES string of the molecule is CN1CCc2ccccc2C12CCN(CC(=O)O)CC2. The summed E-state index contributed by atoms with van der Waals surface area (Å²) in [6.07, 6.45) is 3.16. The fourth-order valence-corrected chi connectivity index (χ4v) is 3.82. The molecule has 4 heteroatoms. The molecule has 2 heterocycles. The fourth-order valence-electron chi connectivity index (χ4n) is 3.82. The van der Waals surface area contributed by atoms with Crippen LogP contribution in [0.5, 0.6) is 0 Å². The number of fused-ring (bicyclic) bond motifs is 2. The Morgan fingerprint density at radius 2 is 1.95 bits per heavy atom. The average Bonchev–Trinajstić information content (AvgIpc) is 2.45. The second kappa shape index (κ2) is 5.19. The summed E-state index contributed by atoms with van der Waals surface area (Å²) >= 11 is 0. The highest BCUT2D eigenvalue weighted by atomic mass is 16.4. The third kappa shape index (κ3) is 2.23. The molecule has 20 heavy (non-hydrogen) atoms. The molecular weight excluding hydrogens is 252 g/mol. The Kier molecular flexibility index (Phi) is 3.52. The van der Waals surface area contributed by atoms with Crippen LogP contribution in [-0.4, -0.2) is 54.1 Å². The first-order valence-corrected chi connectivity index (χ1v) is 7.36. The maximum absolute atomic E-state index is 10.8. The predicted molar refractivity (Wildman–Crippen MR) is 77.8 cm³/mol. The first-order valence-electron chi connectivity index (χ1n) is 7.36. The number of piperidine rings is 1. The Morgan fingerprint density at radius 1 is 1.25 bits per heavy atom. The molecule has 2 aliphatic heterocycles. The second-order valence-electron chi connectivity index (χ2n) is 6.03. The zero-order valence-electron chi connectivity index (χ0n) is 12.0. The summed E-state index contributed by atoms with van der Waals surface area (Å²) in [5.74, 6) is -0.724. The highest BCUT2D eigenvalue weighted by molar-refractivity contribution is 5.69. The van der Waals surface area contributed by atoms with Gasteiger partial charge in [0, 0.05) is 25.2 Å². The van der Waals surface area contributed by atoms with Crippen molar-refractivity contribution < 1.29 is 9.90 Å². The lowest BCUT2D eigenvalue weighted by Crippen LogP contribution is -2.55. The van der Waals surface area contributed by atoms with Gasteiger partial charge in [-0.15, -0.1) is 0 Å². The van der Waals surface area contributed by atoms with Crippen molar-refractivity contribution in [3.05, 3.63) is 35.4 Å². The molecule has 1 fully saturated rings. The van der Waals surface area contributed by atoms with E-state index in [1.165, 1.54) is 11.1 Å². The normalized spacial score (nSPS) is 22.6. The van der Waals surface area contributed by atoms with E-state index in [2.05, 4.69) is 41.1 Å². The van der Waals surface area contributed by atoms with Gasteiger partial charge in [-0.25, -0.2) is 0 Å². The highest BCUT2D eigenvalue weighted by Gasteiger charge is 2.42. The van der Waals surface area contributed by atoms with E-state index in [0.29, 0.717) is 0 Å². The maximum Gasteiger partial charge on any atom is 0.317 e. The number of rotatable bonds is 2. The van der Waals surface area contributed by atoms with E-state index in [9.17, 15) is 4.79 Å². The van der Waals surface area contributed by atoms with Crippen LogP contribution in [0.3, 0.4) is 0 Å². The van der Waals surface area contributed by atoms with Crippen molar-refractivity contribution >= 4 is 5.97 Å². The van der Waals surface area contributed by atoms with E-state index >= 15 is 0 Å². The summed E-state index contributed by atoms with van der Waals surface area (Å²) in [5, 5.41) is 8.93. The van der Waals surface area contributed by atoms with Crippen molar-refractivity contribution in [1.29, 1.82) is 0 Å². The van der Waals surface area contributed by atoms with Crippen LogP contribution >= 0.6 is 0 Å². The number of likely N-dealkylation sites (tertiary alicyclic amines) is 1. The number of carboxylic acid groups (broad SMARTS) is 1. The van der Waals surface area contributed by atoms with E-state index in [-0.39, 0.29) is 12.1 Å². The molecule has 1 spiro atoms. The van der Waals surface area contributed by atoms with E-state index < -0.39 is 5.97 Å². The fraction of sp³-hybridized carbons (Fsp3) is 0.562. The van der Waals surface area contributed by atoms with Gasteiger partial charge in [-0.1, -0.05) is 24.3 Å². The summed E-state index contributed by atoms with van der Waals surface area (Å²) in [7, 11) is 2.21. The van der Waals surface area contributed by atoms with Crippen molar-refractivity contribution in [2.45, 2.75) is 24.8 Å². The number of hydrogen-bond donors (Lipinski definition) is 1. The smallest absolute Gasteiger partial charge is 0.317 e. The number of aliphatic carboxylic acids is 1. The van der Waals surface area contributed by atoms with Crippen molar-refractivity contribution in [3.8, 4) is 0 Å². The molecule has 3 rings (SSSR count). The topological polar surface area (TPSA) is 43.8 Å². The standard InChI is InChI=1S/C16H22N2O2/c1-17-9-6-13-4-2-3-5-14(13)16(17)7-10-18(11-8-16)12-15(19)20/h2-5H,6-12H2,1H3,(H,19,20). The molecule has 0 bridgehead atoms. The quantitative estimate of drug-likeness (QED) is 0.888. The minimum atomic E-state index is -0.724. The van der Waals surface area contributed by atoms with Gasteiger partial charge in [-0.3, -0.25) is 14.6 Å². The lowest BCUT2D eigenvalue weighted by atomic mass is 9.74. The molecule has 0 aliphatic carbocycles. The van der Waals surface area contributed by atoms with Gasteiger partial charge in [0.05, 0.1) is 6.54 Å². The highest BCUT2D eigenvalue weighted by Crippen LogP contribution is 2.42. The van der Waals surface area contributed by atoms with Gasteiger partial charge < -0.3 is 5.11 Å². The van der Waals surface area contributed by atoms with Gasteiger partial charge in [-0.2, -0.15) is 0 Å². The zero-order chi connectivity index (χ0) is 14.2. The van der Waals surface area contributed by atoms with Crippen LogP contribution < -0.4 is 0 Å². The van der Waals surface area contributed by atoms with Crippen molar-refractivity contribution in [3.63, 3.8) is 0 Å². The lowest BCUT2D eigenvalue weighted by Gasteiger charge is -2.51. The molecule has 0 unspecified atom stereocenters. The summed E-state index contributed by atoms with van der Waals surface area (Å²) in [4.78, 5) is 15.4. The van der Waals surface area contributed by atoms with Crippen LogP contribution in [0, 0.1) is 0 Å². The van der Waals surface area contributed by atoms with Crippen LogP contribution in [0.25, 0.3) is 0 Å². The molecule has 1 saturated heterocycles. The molecule has 0 saturated carbocycles. The second-order valence-corrected chi connectivity index (χ2v) is 6.03. The van der Waals surface area contributed by atoms with Crippen molar-refractivity contribution in [1.82, 2.24) is 9.80 Å². The largest absolute Gasteiger partial charge is 0.480 e. The third-order valence-electron chi connectivity index (χ3n) is 5.01. The van der Waals surface area contributed by atoms with Crippen LogP contribution in [-0.2, 0) is 16.8 Å². The van der Waals surface area contributed by atoms with Gasteiger partial charge in [0.25, 0.3) is 0 Å². The maximum atomic E-state index is 10.8. The minimum Gasteiger partial charge on any atom is -0.480 e. The van der Waals surface area contributed by atoms with Crippen LogP contribution in [0.1, 0.15) is 24.0 Å². The monoisotopic (exact) mass is 274 g/mol. The number of nitrogens with zero attached hydrogens (tertiary/aromatic N) is 2. The Balaban J connectivity index is 1.84. The summed E-state index contributed by atoms with van der Waals surface area (Å²) in [6, 6.07) is 8.76. The number of hydrogen-bond acceptors (Lipinski definition) is 3. The molecule has 1 aromatic carbocycles. The van der Waals surface area contributed by atoms with E-state index in [0.717, 1.165) is 38.9 Å². The van der Waals surface area contributed by atoms with E-state index in [4.69, 9.17) is 5.11 Å². The molecule has 0 amide bonds. The molecule has 1 aromatic rings. The van der Waals surface area contributed by atoms with Gasteiger partial charge in [0.15, 0.2) is 0 Å². The molecule has 2 aliphatic rings. The van der Waals surface area contributed by atoms with E-state index in [1.54, 1.807) is 0 Å². The first-order chi connectivity index (χ1) is 9.62. The number of carboxylic acids is 1. The Bertz CT molecular complexity index is 507. The molecule has 4 nitrogen and oxygen atoms in total. The summed E-state index contributed by atoms with van der Waals surface area (Å²) in [6.45, 7) is 2.99. The van der Waals surface area contributed by atoms with E-state index in [1.807, 2.05) is 0 Å². The Labute approximate surface area is 120 Å². The van der Waals surface area contributed by atoms with Crippen molar-refractivity contribution in [2.24, 2.45) is 0 Å². The molecular formula is C16H22N2O2. The number of likely N-dealkylation sites (N-methyl/N-ethyl adjacent to an activating group) is 1. The Hall–Kier alpha value is -1.39. The van der Waals surface area contributed by atoms with Crippen LogP contribution in [0.2, 0.25) is 0 Å². The molecule has 1 N–H and O–H groups in total.